The first-order chi connectivity index (χ1) is 16.4. The molecule has 176 valence electrons. The number of anilines is 1. The highest BCUT2D eigenvalue weighted by molar-refractivity contribution is 7.16. The van der Waals surface area contributed by atoms with Crippen LogP contribution < -0.4 is 14.8 Å². The Morgan fingerprint density at radius 3 is 2.62 bits per heavy atom. The number of benzene rings is 2. The van der Waals surface area contributed by atoms with Crippen molar-refractivity contribution >= 4 is 34.1 Å². The van der Waals surface area contributed by atoms with Gasteiger partial charge in [0.25, 0.3) is 5.91 Å². The minimum atomic E-state index is -0.0905. The van der Waals surface area contributed by atoms with Gasteiger partial charge in [0.1, 0.15) is 18.2 Å². The van der Waals surface area contributed by atoms with Gasteiger partial charge in [-0.05, 0) is 72.1 Å². The largest absolute Gasteiger partial charge is 0.486 e. The molecule has 1 N–H and O–H groups in total. The molecular formula is C28H30N2O3S. The van der Waals surface area contributed by atoms with Gasteiger partial charge in [0.2, 0.25) is 0 Å². The maximum absolute atomic E-state index is 13.4. The van der Waals surface area contributed by atoms with E-state index in [-0.39, 0.29) is 11.3 Å². The van der Waals surface area contributed by atoms with Gasteiger partial charge in [-0.3, -0.25) is 4.79 Å². The maximum atomic E-state index is 13.4. The van der Waals surface area contributed by atoms with Crippen molar-refractivity contribution in [2.45, 2.75) is 40.0 Å². The number of nitrogens with zero attached hydrogens (tertiary/aromatic N) is 1. The lowest BCUT2D eigenvalue weighted by Crippen LogP contribution is -2.27. The van der Waals surface area contributed by atoms with Crippen LogP contribution in [0.15, 0.2) is 53.5 Å². The van der Waals surface area contributed by atoms with Gasteiger partial charge in [-0.15, -0.1) is 11.3 Å². The lowest BCUT2D eigenvalue weighted by molar-refractivity contribution is 0.102. The van der Waals surface area contributed by atoms with Crippen LogP contribution in [0.25, 0.3) is 0 Å². The van der Waals surface area contributed by atoms with Crippen molar-refractivity contribution in [1.82, 2.24) is 0 Å². The highest BCUT2D eigenvalue weighted by atomic mass is 32.1. The van der Waals surface area contributed by atoms with Gasteiger partial charge in [-0.25, -0.2) is 4.99 Å². The van der Waals surface area contributed by atoms with Gasteiger partial charge < -0.3 is 14.8 Å². The Kier molecular flexibility index (Phi) is 6.17. The molecule has 5 nitrogen and oxygen atoms in total. The van der Waals surface area contributed by atoms with E-state index in [1.165, 1.54) is 4.88 Å². The van der Waals surface area contributed by atoms with Crippen molar-refractivity contribution in [3.63, 3.8) is 0 Å². The summed E-state index contributed by atoms with van der Waals surface area (Å²) in [6.45, 7) is 8.03. The summed E-state index contributed by atoms with van der Waals surface area (Å²) in [5.41, 5.74) is 3.82. The van der Waals surface area contributed by atoms with E-state index in [2.05, 4.69) is 26.1 Å². The van der Waals surface area contributed by atoms with E-state index in [0.717, 1.165) is 52.6 Å². The molecule has 2 heterocycles. The smallest absolute Gasteiger partial charge is 0.259 e. The van der Waals surface area contributed by atoms with E-state index in [9.17, 15) is 4.79 Å². The molecular weight excluding hydrogens is 444 g/mol. The lowest BCUT2D eigenvalue weighted by Gasteiger charge is -2.33. The first-order valence-corrected chi connectivity index (χ1v) is 12.6. The van der Waals surface area contributed by atoms with E-state index in [0.29, 0.717) is 24.7 Å². The molecule has 1 aliphatic carbocycles. The Balaban J connectivity index is 1.48. The summed E-state index contributed by atoms with van der Waals surface area (Å²) in [4.78, 5) is 19.5. The number of fused-ring (bicyclic) bond motifs is 2. The fourth-order valence-corrected chi connectivity index (χ4v) is 5.89. The Labute approximate surface area is 204 Å². The molecule has 1 aromatic heterocycles. The van der Waals surface area contributed by atoms with Gasteiger partial charge in [0.05, 0.1) is 5.56 Å². The second-order valence-corrected chi connectivity index (χ2v) is 11.1. The van der Waals surface area contributed by atoms with Crippen molar-refractivity contribution in [1.29, 1.82) is 0 Å². The number of hydrogen-bond acceptors (Lipinski definition) is 5. The van der Waals surface area contributed by atoms with Gasteiger partial charge in [-0.2, -0.15) is 0 Å². The summed E-state index contributed by atoms with van der Waals surface area (Å²) in [5, 5.41) is 3.84. The average molecular weight is 475 g/mol. The van der Waals surface area contributed by atoms with Crippen LogP contribution in [-0.2, 0) is 12.8 Å². The third-order valence-electron chi connectivity index (χ3n) is 6.63. The molecule has 0 saturated heterocycles. The van der Waals surface area contributed by atoms with Gasteiger partial charge in [0, 0.05) is 16.8 Å². The highest BCUT2D eigenvalue weighted by Crippen LogP contribution is 2.45. The summed E-state index contributed by atoms with van der Waals surface area (Å²) < 4.78 is 11.3. The SMILES string of the molecule is CC(C)(C)[C@@H]1CCc2c(sc(N=Cc3ccc4c(c3)OCCO4)c2C(=O)Nc2ccccc2)C1. The zero-order valence-electron chi connectivity index (χ0n) is 19.9. The lowest BCUT2D eigenvalue weighted by atomic mass is 9.72. The number of carbonyl (C=O) groups excluding carboxylic acids is 1. The third-order valence-corrected chi connectivity index (χ3v) is 7.79. The number of aliphatic imine (C=N–C) groups is 1. The molecule has 1 atom stereocenters. The molecule has 0 saturated carbocycles. The molecule has 0 spiro atoms. The van der Waals surface area contributed by atoms with E-state index in [4.69, 9.17) is 14.5 Å². The number of hydrogen-bond donors (Lipinski definition) is 1. The molecule has 0 bridgehead atoms. The van der Waals surface area contributed by atoms with Crippen LogP contribution in [0.3, 0.4) is 0 Å². The van der Waals surface area contributed by atoms with Gasteiger partial charge >= 0.3 is 0 Å². The van der Waals surface area contributed by atoms with Crippen LogP contribution >= 0.6 is 11.3 Å². The Bertz CT molecular complexity index is 1220. The standard InChI is InChI=1S/C28H30N2O3S/c1-28(2,3)19-10-11-21-24(16-19)34-27(25(21)26(31)30-20-7-5-4-6-8-20)29-17-18-9-12-22-23(15-18)33-14-13-32-22/h4-9,12,15,17,19H,10-11,13-14,16H2,1-3H3,(H,30,31)/t19-/m1/s1. The molecule has 3 aromatic rings. The number of carbonyl (C=O) groups is 1. The van der Waals surface area contributed by atoms with Crippen molar-refractivity contribution in [2.24, 2.45) is 16.3 Å². The molecule has 0 unspecified atom stereocenters. The Morgan fingerprint density at radius 1 is 1.09 bits per heavy atom. The van der Waals surface area contributed by atoms with Crippen LogP contribution in [0.1, 0.15) is 53.6 Å². The first-order valence-electron chi connectivity index (χ1n) is 11.8. The normalized spacial score (nSPS) is 17.4. The number of thiophene rings is 1. The molecule has 2 aliphatic rings. The second kappa shape index (κ2) is 9.26. The fraction of sp³-hybridized carbons (Fsp3) is 0.357. The van der Waals surface area contributed by atoms with Crippen LogP contribution in [0.5, 0.6) is 11.5 Å². The predicted molar refractivity (Wildman–Crippen MR) is 138 cm³/mol. The average Bonchev–Trinajstić information content (AvgIpc) is 3.20. The van der Waals surface area contributed by atoms with Gasteiger partial charge in [0.15, 0.2) is 11.5 Å². The predicted octanol–water partition coefficient (Wildman–Crippen LogP) is 6.67. The highest BCUT2D eigenvalue weighted by Gasteiger charge is 2.33. The quantitative estimate of drug-likeness (QED) is 0.430. The fourth-order valence-electron chi connectivity index (χ4n) is 4.62. The molecule has 34 heavy (non-hydrogen) atoms. The first kappa shape index (κ1) is 22.7. The third kappa shape index (κ3) is 4.73. The van der Waals surface area contributed by atoms with Crippen molar-refractivity contribution in [3.8, 4) is 11.5 Å². The number of nitrogens with one attached hydrogen (secondary N) is 1. The Morgan fingerprint density at radius 2 is 1.85 bits per heavy atom. The summed E-state index contributed by atoms with van der Waals surface area (Å²) >= 11 is 1.65. The van der Waals surface area contributed by atoms with Crippen LogP contribution in [0, 0.1) is 11.3 Å². The van der Waals surface area contributed by atoms with E-state index in [1.54, 1.807) is 11.3 Å². The van der Waals surface area contributed by atoms with E-state index >= 15 is 0 Å². The van der Waals surface area contributed by atoms with Gasteiger partial charge in [-0.1, -0.05) is 39.0 Å². The summed E-state index contributed by atoms with van der Waals surface area (Å²) in [7, 11) is 0. The van der Waals surface area contributed by atoms with Crippen molar-refractivity contribution in [3.05, 3.63) is 70.1 Å². The van der Waals surface area contributed by atoms with Crippen molar-refractivity contribution in [2.75, 3.05) is 18.5 Å². The molecule has 1 amide bonds. The summed E-state index contributed by atoms with van der Waals surface area (Å²) in [6, 6.07) is 15.4. The monoisotopic (exact) mass is 474 g/mol. The van der Waals surface area contributed by atoms with Crippen LogP contribution in [0.2, 0.25) is 0 Å². The van der Waals surface area contributed by atoms with E-state index < -0.39 is 0 Å². The Hall–Kier alpha value is -3.12. The second-order valence-electron chi connectivity index (χ2n) is 9.97. The zero-order valence-corrected chi connectivity index (χ0v) is 20.7. The van der Waals surface area contributed by atoms with Crippen LogP contribution in [0.4, 0.5) is 10.7 Å². The summed E-state index contributed by atoms with van der Waals surface area (Å²) in [5.74, 6) is 1.99. The molecule has 0 fully saturated rings. The molecule has 2 aromatic carbocycles. The summed E-state index contributed by atoms with van der Waals surface area (Å²) in [6.07, 6.45) is 4.81. The molecule has 5 rings (SSSR count). The maximum Gasteiger partial charge on any atom is 0.259 e. The van der Waals surface area contributed by atoms with Crippen LogP contribution in [-0.4, -0.2) is 25.3 Å². The van der Waals surface area contributed by atoms with E-state index in [1.807, 2.05) is 54.7 Å². The molecule has 6 heteroatoms. The van der Waals surface area contributed by atoms with Crippen molar-refractivity contribution < 1.29 is 14.3 Å². The molecule has 1 aliphatic heterocycles. The topological polar surface area (TPSA) is 59.9 Å². The molecule has 0 radical (unpaired) electrons. The zero-order chi connectivity index (χ0) is 23.7. The number of rotatable bonds is 4. The number of para-hydroxylation sites is 1. The number of amides is 1. The number of ether oxygens (including phenoxy) is 2. The minimum Gasteiger partial charge on any atom is -0.486 e. The minimum absolute atomic E-state index is 0.0905.